The van der Waals surface area contributed by atoms with Gasteiger partial charge < -0.3 is 14.2 Å². The van der Waals surface area contributed by atoms with Gasteiger partial charge in [0.25, 0.3) is 0 Å². The van der Waals surface area contributed by atoms with Gasteiger partial charge in [-0.1, -0.05) is 23.4 Å². The summed E-state index contributed by atoms with van der Waals surface area (Å²) >= 11 is 1.72. The summed E-state index contributed by atoms with van der Waals surface area (Å²) in [6.07, 6.45) is 1.30. The van der Waals surface area contributed by atoms with E-state index in [9.17, 15) is 4.79 Å². The van der Waals surface area contributed by atoms with E-state index in [1.807, 2.05) is 35.2 Å². The Kier molecular flexibility index (Phi) is 4.71. The Morgan fingerprint density at radius 2 is 2.19 bits per heavy atom. The summed E-state index contributed by atoms with van der Waals surface area (Å²) in [7, 11) is 1.61. The predicted octanol–water partition coefficient (Wildman–Crippen LogP) is 3.37. The largest absolute Gasteiger partial charge is 0.496 e. The molecule has 26 heavy (non-hydrogen) atoms. The quantitative estimate of drug-likeness (QED) is 0.666. The number of hydrogen-bond donors (Lipinski definition) is 0. The molecule has 1 unspecified atom stereocenters. The molecule has 7 heteroatoms. The van der Waals surface area contributed by atoms with E-state index < -0.39 is 0 Å². The molecule has 0 bridgehead atoms. The van der Waals surface area contributed by atoms with Gasteiger partial charge in [0.05, 0.1) is 18.6 Å². The smallest absolute Gasteiger partial charge is 0.232 e. The lowest BCUT2D eigenvalue weighted by Crippen LogP contribution is -2.27. The number of para-hydroxylation sites is 1. The Morgan fingerprint density at radius 1 is 1.31 bits per heavy atom. The molecule has 0 aliphatic carbocycles. The number of aromatic nitrogens is 2. The highest BCUT2D eigenvalue weighted by molar-refractivity contribution is 7.09. The van der Waals surface area contributed by atoms with Crippen molar-refractivity contribution < 1.29 is 14.1 Å². The third kappa shape index (κ3) is 3.35. The third-order valence-electron chi connectivity index (χ3n) is 4.56. The van der Waals surface area contributed by atoms with Crippen molar-refractivity contribution in [2.24, 2.45) is 0 Å². The SMILES string of the molecule is COc1ccccc1-c1noc(C2CC(=O)N(CCc3cccs3)C2)n1. The summed E-state index contributed by atoms with van der Waals surface area (Å²) < 4.78 is 10.8. The van der Waals surface area contributed by atoms with Crippen LogP contribution in [0, 0.1) is 0 Å². The molecule has 1 aromatic carbocycles. The first-order chi connectivity index (χ1) is 12.7. The van der Waals surface area contributed by atoms with Crippen LogP contribution in [0.15, 0.2) is 46.3 Å². The monoisotopic (exact) mass is 369 g/mol. The molecule has 134 valence electrons. The van der Waals surface area contributed by atoms with Crippen LogP contribution in [-0.4, -0.2) is 41.1 Å². The number of benzene rings is 1. The predicted molar refractivity (Wildman–Crippen MR) is 98.2 cm³/mol. The molecule has 0 saturated carbocycles. The minimum absolute atomic E-state index is 0.0539. The van der Waals surface area contributed by atoms with Gasteiger partial charge in [0.1, 0.15) is 5.75 Å². The summed E-state index contributed by atoms with van der Waals surface area (Å²) in [5.41, 5.74) is 0.781. The fourth-order valence-corrected chi connectivity index (χ4v) is 3.89. The second-order valence-corrected chi connectivity index (χ2v) is 7.26. The number of likely N-dealkylation sites (tertiary alicyclic amines) is 1. The zero-order valence-corrected chi connectivity index (χ0v) is 15.2. The van der Waals surface area contributed by atoms with E-state index >= 15 is 0 Å². The number of amides is 1. The lowest BCUT2D eigenvalue weighted by Gasteiger charge is -2.15. The van der Waals surface area contributed by atoms with Gasteiger partial charge in [0.15, 0.2) is 0 Å². The van der Waals surface area contributed by atoms with Crippen LogP contribution in [0.25, 0.3) is 11.4 Å². The van der Waals surface area contributed by atoms with E-state index in [1.54, 1.807) is 18.4 Å². The Labute approximate surface area is 155 Å². The number of carbonyl (C=O) groups excluding carboxylic acids is 1. The fourth-order valence-electron chi connectivity index (χ4n) is 3.19. The molecule has 1 aliphatic heterocycles. The van der Waals surface area contributed by atoms with Crippen LogP contribution < -0.4 is 4.74 Å². The average molecular weight is 369 g/mol. The first-order valence-electron chi connectivity index (χ1n) is 8.51. The van der Waals surface area contributed by atoms with E-state index in [-0.39, 0.29) is 11.8 Å². The highest BCUT2D eigenvalue weighted by Crippen LogP contribution is 2.31. The van der Waals surface area contributed by atoms with E-state index in [4.69, 9.17) is 9.26 Å². The van der Waals surface area contributed by atoms with Crippen LogP contribution in [0.2, 0.25) is 0 Å². The Morgan fingerprint density at radius 3 is 3.00 bits per heavy atom. The highest BCUT2D eigenvalue weighted by Gasteiger charge is 2.34. The number of hydrogen-bond acceptors (Lipinski definition) is 6. The molecule has 1 aliphatic rings. The maximum absolute atomic E-state index is 12.3. The molecule has 3 aromatic rings. The lowest BCUT2D eigenvalue weighted by atomic mass is 10.1. The molecule has 0 spiro atoms. The third-order valence-corrected chi connectivity index (χ3v) is 5.50. The van der Waals surface area contributed by atoms with Crippen molar-refractivity contribution in [1.29, 1.82) is 0 Å². The number of nitrogens with zero attached hydrogens (tertiary/aromatic N) is 3. The van der Waals surface area contributed by atoms with Crippen LogP contribution in [-0.2, 0) is 11.2 Å². The van der Waals surface area contributed by atoms with Crippen molar-refractivity contribution in [1.82, 2.24) is 15.0 Å². The first kappa shape index (κ1) is 16.8. The molecule has 2 aromatic heterocycles. The molecule has 1 fully saturated rings. The topological polar surface area (TPSA) is 68.5 Å². The molecule has 4 rings (SSSR count). The number of ether oxygens (including phenoxy) is 1. The zero-order valence-electron chi connectivity index (χ0n) is 14.4. The molecule has 3 heterocycles. The molecule has 0 radical (unpaired) electrons. The van der Waals surface area contributed by atoms with Crippen LogP contribution in [0.5, 0.6) is 5.75 Å². The second-order valence-electron chi connectivity index (χ2n) is 6.23. The number of carbonyl (C=O) groups is 1. The van der Waals surface area contributed by atoms with E-state index in [2.05, 4.69) is 21.6 Å². The second kappa shape index (κ2) is 7.29. The molecule has 1 atom stereocenters. The minimum atomic E-state index is -0.0539. The lowest BCUT2D eigenvalue weighted by molar-refractivity contribution is -0.127. The van der Waals surface area contributed by atoms with Gasteiger partial charge in [-0.25, -0.2) is 0 Å². The van der Waals surface area contributed by atoms with Gasteiger partial charge in [0.2, 0.25) is 17.6 Å². The summed E-state index contributed by atoms with van der Waals surface area (Å²) in [5, 5.41) is 6.14. The summed E-state index contributed by atoms with van der Waals surface area (Å²) in [6.45, 7) is 1.35. The first-order valence-corrected chi connectivity index (χ1v) is 9.39. The Bertz CT molecular complexity index is 891. The highest BCUT2D eigenvalue weighted by atomic mass is 32.1. The van der Waals surface area contributed by atoms with Crippen LogP contribution >= 0.6 is 11.3 Å². The number of methoxy groups -OCH3 is 1. The van der Waals surface area contributed by atoms with Crippen LogP contribution in [0.4, 0.5) is 0 Å². The Hall–Kier alpha value is -2.67. The van der Waals surface area contributed by atoms with E-state index in [0.717, 1.165) is 18.5 Å². The van der Waals surface area contributed by atoms with Crippen molar-refractivity contribution in [2.75, 3.05) is 20.2 Å². The summed E-state index contributed by atoms with van der Waals surface area (Å²) in [6, 6.07) is 11.7. The zero-order chi connectivity index (χ0) is 17.9. The number of thiophene rings is 1. The molecule has 0 N–H and O–H groups in total. The van der Waals surface area contributed by atoms with E-state index in [1.165, 1.54) is 4.88 Å². The standard InChI is InChI=1S/C19H19N3O3S/c1-24-16-7-3-2-6-15(16)18-20-19(25-21-18)13-11-17(23)22(12-13)9-8-14-5-4-10-26-14/h2-7,10,13H,8-9,11-12H2,1H3. The fraction of sp³-hybridized carbons (Fsp3) is 0.316. The van der Waals surface area contributed by atoms with Gasteiger partial charge in [-0.3, -0.25) is 4.79 Å². The number of rotatable bonds is 6. The minimum Gasteiger partial charge on any atom is -0.496 e. The normalized spacial score (nSPS) is 17.0. The maximum atomic E-state index is 12.3. The van der Waals surface area contributed by atoms with Gasteiger partial charge >= 0.3 is 0 Å². The molecular weight excluding hydrogens is 350 g/mol. The molecule has 1 amide bonds. The van der Waals surface area contributed by atoms with Gasteiger partial charge in [0, 0.05) is 24.4 Å². The van der Waals surface area contributed by atoms with Crippen LogP contribution in [0.3, 0.4) is 0 Å². The van der Waals surface area contributed by atoms with Gasteiger partial charge in [-0.15, -0.1) is 11.3 Å². The van der Waals surface area contributed by atoms with Crippen molar-refractivity contribution in [3.63, 3.8) is 0 Å². The summed E-state index contributed by atoms with van der Waals surface area (Å²) in [4.78, 5) is 20.0. The summed E-state index contributed by atoms with van der Waals surface area (Å²) in [5.74, 6) is 1.78. The maximum Gasteiger partial charge on any atom is 0.232 e. The van der Waals surface area contributed by atoms with Crippen molar-refractivity contribution in [2.45, 2.75) is 18.8 Å². The van der Waals surface area contributed by atoms with Crippen molar-refractivity contribution in [3.8, 4) is 17.1 Å². The molecular formula is C19H19N3O3S. The average Bonchev–Trinajstić information content (AvgIpc) is 3.41. The van der Waals surface area contributed by atoms with Crippen molar-refractivity contribution in [3.05, 3.63) is 52.5 Å². The molecule has 1 saturated heterocycles. The van der Waals surface area contributed by atoms with Crippen molar-refractivity contribution >= 4 is 17.2 Å². The van der Waals surface area contributed by atoms with Gasteiger partial charge in [-0.05, 0) is 30.0 Å². The van der Waals surface area contributed by atoms with E-state index in [0.29, 0.717) is 30.4 Å². The Balaban J connectivity index is 1.45. The van der Waals surface area contributed by atoms with Crippen LogP contribution in [0.1, 0.15) is 23.1 Å². The molecule has 6 nitrogen and oxygen atoms in total. The van der Waals surface area contributed by atoms with Gasteiger partial charge in [-0.2, -0.15) is 4.98 Å².